The first-order valence-corrected chi connectivity index (χ1v) is 14.0. The molecule has 0 N–H and O–H groups in total. The van der Waals surface area contributed by atoms with E-state index in [2.05, 4.69) is 131 Å². The monoisotopic (exact) mass is 533 g/mol. The van der Waals surface area contributed by atoms with Crippen molar-refractivity contribution in [1.29, 1.82) is 5.26 Å². The Morgan fingerprint density at radius 3 is 1.98 bits per heavy atom. The lowest BCUT2D eigenvalue weighted by Crippen LogP contribution is -2.28. The molecule has 0 atom stereocenters. The van der Waals surface area contributed by atoms with E-state index in [0.29, 0.717) is 16.9 Å². The Morgan fingerprint density at radius 1 is 0.595 bits per heavy atom. The quantitative estimate of drug-likeness (QED) is 0.208. The van der Waals surface area contributed by atoms with Gasteiger partial charge in [-0.1, -0.05) is 115 Å². The molecule has 0 aliphatic heterocycles. The zero-order chi connectivity index (χ0) is 28.3. The molecule has 0 saturated carbocycles. The van der Waals surface area contributed by atoms with Crippen LogP contribution in [0.25, 0.3) is 43.5 Å². The second-order valence-corrected chi connectivity index (χ2v) is 10.7. The van der Waals surface area contributed by atoms with Crippen molar-refractivity contribution in [2.24, 2.45) is 0 Å². The van der Waals surface area contributed by atoms with Gasteiger partial charge in [-0.2, -0.15) is 5.26 Å². The maximum absolute atomic E-state index is 10.2. The van der Waals surface area contributed by atoms with Crippen molar-refractivity contribution in [1.82, 2.24) is 4.57 Å². The van der Waals surface area contributed by atoms with Crippen LogP contribution in [-0.2, 0) is 5.41 Å². The minimum atomic E-state index is -0.540. The third-order valence-electron chi connectivity index (χ3n) is 8.73. The number of hydrogen-bond acceptors (Lipinski definition) is 1. The first-order chi connectivity index (χ1) is 20.8. The molecule has 3 heteroatoms. The maximum atomic E-state index is 10.2. The van der Waals surface area contributed by atoms with E-state index in [9.17, 15) is 5.26 Å². The van der Waals surface area contributed by atoms with E-state index < -0.39 is 5.41 Å². The Labute approximate surface area is 244 Å². The summed E-state index contributed by atoms with van der Waals surface area (Å²) in [5.41, 5.74) is 10.2. The molecule has 42 heavy (non-hydrogen) atoms. The summed E-state index contributed by atoms with van der Waals surface area (Å²) in [6, 6.07) is 50.9. The third kappa shape index (κ3) is 3.08. The van der Waals surface area contributed by atoms with Gasteiger partial charge >= 0.3 is 0 Å². The molecule has 1 heterocycles. The number of nitriles is 1. The molecular weight excluding hydrogens is 510 g/mol. The lowest BCUT2D eigenvalue weighted by atomic mass is 9.67. The minimum Gasteiger partial charge on any atom is -0.318 e. The molecule has 0 radical (unpaired) electrons. The SMILES string of the molecule is [C-]#[N+]c1cccc(C#N)c1-n1c2ccccc2c2cc3c(cc21)C(c1ccccc1)(c1ccccc1)c1ccccc1-3. The number of para-hydroxylation sites is 2. The lowest BCUT2D eigenvalue weighted by Gasteiger charge is -2.34. The van der Waals surface area contributed by atoms with E-state index in [4.69, 9.17) is 6.57 Å². The van der Waals surface area contributed by atoms with Gasteiger partial charge in [-0.05, 0) is 57.6 Å². The lowest BCUT2D eigenvalue weighted by molar-refractivity contribution is 0.769. The van der Waals surface area contributed by atoms with Crippen LogP contribution in [0.15, 0.2) is 140 Å². The van der Waals surface area contributed by atoms with Crippen LogP contribution in [0.3, 0.4) is 0 Å². The van der Waals surface area contributed by atoms with Gasteiger partial charge in [-0.3, -0.25) is 0 Å². The fourth-order valence-corrected chi connectivity index (χ4v) is 7.09. The summed E-state index contributed by atoms with van der Waals surface area (Å²) < 4.78 is 2.13. The molecule has 6 aromatic carbocycles. The first kappa shape index (κ1) is 23.9. The number of fused-ring (bicyclic) bond motifs is 6. The van der Waals surface area contributed by atoms with Gasteiger partial charge in [0.25, 0.3) is 0 Å². The molecule has 1 aromatic heterocycles. The molecule has 0 unspecified atom stereocenters. The highest BCUT2D eigenvalue weighted by Gasteiger charge is 2.46. The van der Waals surface area contributed by atoms with Gasteiger partial charge in [0.1, 0.15) is 0 Å². The number of nitrogens with zero attached hydrogens (tertiary/aromatic N) is 3. The number of aromatic nitrogens is 1. The molecule has 0 amide bonds. The third-order valence-corrected chi connectivity index (χ3v) is 8.73. The van der Waals surface area contributed by atoms with Crippen LogP contribution in [0.1, 0.15) is 27.8 Å². The van der Waals surface area contributed by atoms with Crippen molar-refractivity contribution in [3.05, 3.63) is 179 Å². The van der Waals surface area contributed by atoms with Crippen LogP contribution in [-0.4, -0.2) is 4.57 Å². The van der Waals surface area contributed by atoms with Gasteiger partial charge in [-0.25, -0.2) is 4.85 Å². The fraction of sp³-hybridized carbons (Fsp3) is 0.0256. The summed E-state index contributed by atoms with van der Waals surface area (Å²) in [5, 5.41) is 12.4. The van der Waals surface area contributed by atoms with Crippen molar-refractivity contribution >= 4 is 27.5 Å². The largest absolute Gasteiger partial charge is 0.318 e. The van der Waals surface area contributed by atoms with Crippen molar-refractivity contribution in [2.75, 3.05) is 0 Å². The van der Waals surface area contributed by atoms with Crippen LogP contribution in [0.5, 0.6) is 0 Å². The Morgan fingerprint density at radius 2 is 1.26 bits per heavy atom. The highest BCUT2D eigenvalue weighted by Crippen LogP contribution is 2.57. The van der Waals surface area contributed by atoms with Gasteiger partial charge in [0.05, 0.1) is 40.3 Å². The average molecular weight is 534 g/mol. The second kappa shape index (κ2) is 9.07. The smallest absolute Gasteiger partial charge is 0.211 e. The number of rotatable bonds is 3. The molecule has 0 bridgehead atoms. The number of hydrogen-bond donors (Lipinski definition) is 0. The Kier molecular flexibility index (Phi) is 5.17. The van der Waals surface area contributed by atoms with Crippen LogP contribution in [0.2, 0.25) is 0 Å². The van der Waals surface area contributed by atoms with Gasteiger partial charge in [-0.15, -0.1) is 0 Å². The van der Waals surface area contributed by atoms with Gasteiger partial charge in [0.15, 0.2) is 0 Å². The van der Waals surface area contributed by atoms with Crippen molar-refractivity contribution in [2.45, 2.75) is 5.41 Å². The second-order valence-electron chi connectivity index (χ2n) is 10.7. The fourth-order valence-electron chi connectivity index (χ4n) is 7.09. The van der Waals surface area contributed by atoms with Gasteiger partial charge in [0, 0.05) is 10.8 Å². The summed E-state index contributed by atoms with van der Waals surface area (Å²) in [4.78, 5) is 3.86. The highest BCUT2D eigenvalue weighted by atomic mass is 15.0. The molecule has 3 nitrogen and oxygen atoms in total. The Bertz CT molecular complexity index is 2190. The standard InChI is InChI=1S/C39H23N3/c1-41-35-21-12-13-26(25-40)38(35)42-36-22-11-9-19-30(36)32-23-31-29-18-8-10-20-33(29)39(34(31)24-37(32)42,27-14-4-2-5-15-27)28-16-6-3-7-17-28/h2-24H. The molecule has 1 aliphatic carbocycles. The van der Waals surface area contributed by atoms with Crippen LogP contribution < -0.4 is 0 Å². The predicted octanol–water partition coefficient (Wildman–Crippen LogP) is 9.57. The summed E-state index contributed by atoms with van der Waals surface area (Å²) >= 11 is 0. The Hall–Kier alpha value is -5.90. The van der Waals surface area contributed by atoms with E-state index >= 15 is 0 Å². The van der Waals surface area contributed by atoms with E-state index in [1.54, 1.807) is 18.2 Å². The Balaban J connectivity index is 1.60. The molecular formula is C39H23N3. The van der Waals surface area contributed by atoms with Crippen LogP contribution in [0.4, 0.5) is 5.69 Å². The summed E-state index contributed by atoms with van der Waals surface area (Å²) in [7, 11) is 0. The molecule has 7 aromatic rings. The van der Waals surface area contributed by atoms with E-state index in [1.807, 2.05) is 6.07 Å². The first-order valence-electron chi connectivity index (χ1n) is 14.0. The van der Waals surface area contributed by atoms with Crippen molar-refractivity contribution < 1.29 is 0 Å². The maximum Gasteiger partial charge on any atom is 0.211 e. The van der Waals surface area contributed by atoms with E-state index in [1.165, 1.54) is 33.4 Å². The van der Waals surface area contributed by atoms with Gasteiger partial charge in [0.2, 0.25) is 5.69 Å². The molecule has 194 valence electrons. The predicted molar refractivity (Wildman–Crippen MR) is 169 cm³/mol. The summed E-state index contributed by atoms with van der Waals surface area (Å²) in [6.07, 6.45) is 0. The minimum absolute atomic E-state index is 0.456. The summed E-state index contributed by atoms with van der Waals surface area (Å²) in [6.45, 7) is 7.98. The van der Waals surface area contributed by atoms with E-state index in [0.717, 1.165) is 21.8 Å². The molecule has 0 saturated heterocycles. The van der Waals surface area contributed by atoms with Crippen molar-refractivity contribution in [3.8, 4) is 22.9 Å². The zero-order valence-electron chi connectivity index (χ0n) is 22.6. The molecule has 0 fully saturated rings. The number of benzene rings is 6. The van der Waals surface area contributed by atoms with Crippen LogP contribution >= 0.6 is 0 Å². The topological polar surface area (TPSA) is 33.1 Å². The van der Waals surface area contributed by atoms with Gasteiger partial charge < -0.3 is 4.57 Å². The normalized spacial score (nSPS) is 12.9. The zero-order valence-corrected chi connectivity index (χ0v) is 22.6. The molecule has 1 aliphatic rings. The molecule has 8 rings (SSSR count). The molecule has 0 spiro atoms. The highest BCUT2D eigenvalue weighted by molar-refractivity contribution is 6.12. The summed E-state index contributed by atoms with van der Waals surface area (Å²) in [5.74, 6) is 0. The van der Waals surface area contributed by atoms with E-state index in [-0.39, 0.29) is 0 Å². The van der Waals surface area contributed by atoms with Crippen LogP contribution in [0, 0.1) is 17.9 Å². The average Bonchev–Trinajstić information content (AvgIpc) is 3.54. The van der Waals surface area contributed by atoms with Crippen molar-refractivity contribution in [3.63, 3.8) is 0 Å².